The quantitative estimate of drug-likeness (QED) is 0.296. The first-order valence-corrected chi connectivity index (χ1v) is 12.4. The summed E-state index contributed by atoms with van der Waals surface area (Å²) < 4.78 is 7.53. The molecule has 0 amide bonds. The Labute approximate surface area is 215 Å². The third-order valence-corrected chi connectivity index (χ3v) is 6.97. The number of hydrogen-bond acceptors (Lipinski definition) is 5. The van der Waals surface area contributed by atoms with Gasteiger partial charge in [-0.05, 0) is 35.9 Å². The smallest absolute Gasteiger partial charge is 0.150 e. The second kappa shape index (κ2) is 9.55. The summed E-state index contributed by atoms with van der Waals surface area (Å²) in [7, 11) is 1.71. The Morgan fingerprint density at radius 3 is 2.31 bits per heavy atom. The molecular formula is C29H26ClN5O. The molecule has 1 saturated heterocycles. The van der Waals surface area contributed by atoms with Crippen LogP contribution in [0, 0.1) is 0 Å². The number of methoxy groups -OCH3 is 1. The van der Waals surface area contributed by atoms with Crippen LogP contribution in [0.15, 0.2) is 91.4 Å². The first-order valence-electron chi connectivity index (χ1n) is 12.0. The predicted molar refractivity (Wildman–Crippen MR) is 147 cm³/mol. The van der Waals surface area contributed by atoms with Crippen molar-refractivity contribution in [2.75, 3.05) is 43.1 Å². The van der Waals surface area contributed by atoms with Crippen molar-refractivity contribution in [3.8, 4) is 22.6 Å². The van der Waals surface area contributed by atoms with Gasteiger partial charge in [0.05, 0.1) is 12.5 Å². The highest BCUT2D eigenvalue weighted by Crippen LogP contribution is 2.37. The van der Waals surface area contributed by atoms with Gasteiger partial charge in [0.1, 0.15) is 17.9 Å². The molecule has 5 aromatic rings. The number of anilines is 2. The van der Waals surface area contributed by atoms with Gasteiger partial charge in [-0.2, -0.15) is 0 Å². The summed E-state index contributed by atoms with van der Waals surface area (Å²) >= 11 is 6.34. The van der Waals surface area contributed by atoms with Gasteiger partial charge in [-0.3, -0.25) is 0 Å². The third-order valence-electron chi connectivity index (χ3n) is 6.73. The van der Waals surface area contributed by atoms with Crippen LogP contribution in [0.5, 0.6) is 5.75 Å². The maximum absolute atomic E-state index is 6.34. The lowest BCUT2D eigenvalue weighted by atomic mass is 10.1. The van der Waals surface area contributed by atoms with E-state index in [4.69, 9.17) is 26.3 Å². The van der Waals surface area contributed by atoms with Gasteiger partial charge in [-0.25, -0.2) is 9.97 Å². The Balaban J connectivity index is 1.40. The van der Waals surface area contributed by atoms with Crippen molar-refractivity contribution >= 4 is 34.1 Å². The van der Waals surface area contributed by atoms with E-state index in [2.05, 4.69) is 63.0 Å². The van der Waals surface area contributed by atoms with Crippen molar-refractivity contribution in [2.24, 2.45) is 0 Å². The molecule has 0 bridgehead atoms. The van der Waals surface area contributed by atoms with E-state index >= 15 is 0 Å². The van der Waals surface area contributed by atoms with E-state index in [1.54, 1.807) is 13.4 Å². The Kier molecular flexibility index (Phi) is 5.95. The van der Waals surface area contributed by atoms with E-state index in [1.165, 1.54) is 5.69 Å². The highest BCUT2D eigenvalue weighted by molar-refractivity contribution is 6.30. The maximum atomic E-state index is 6.34. The lowest BCUT2D eigenvalue weighted by Crippen LogP contribution is -2.46. The summed E-state index contributed by atoms with van der Waals surface area (Å²) in [5, 5.41) is 1.75. The van der Waals surface area contributed by atoms with Crippen LogP contribution in [-0.4, -0.2) is 47.8 Å². The molecule has 0 saturated carbocycles. The third kappa shape index (κ3) is 4.14. The fourth-order valence-corrected chi connectivity index (χ4v) is 5.11. The van der Waals surface area contributed by atoms with Gasteiger partial charge < -0.3 is 19.1 Å². The summed E-state index contributed by atoms with van der Waals surface area (Å²) in [5.41, 5.74) is 5.27. The van der Waals surface area contributed by atoms with Gasteiger partial charge in [0, 0.05) is 60.4 Å². The lowest BCUT2D eigenvalue weighted by molar-refractivity contribution is 0.414. The summed E-state index contributed by atoms with van der Waals surface area (Å²) in [6.45, 7) is 3.52. The molecule has 3 heterocycles. The zero-order valence-electron chi connectivity index (χ0n) is 20.0. The molecule has 6 nitrogen and oxygen atoms in total. The van der Waals surface area contributed by atoms with Gasteiger partial charge >= 0.3 is 0 Å². The van der Waals surface area contributed by atoms with Crippen LogP contribution in [0.25, 0.3) is 27.8 Å². The number of benzene rings is 3. The van der Waals surface area contributed by atoms with Crippen molar-refractivity contribution in [3.05, 3.63) is 96.4 Å². The largest absolute Gasteiger partial charge is 0.497 e. The topological polar surface area (TPSA) is 46.4 Å². The Morgan fingerprint density at radius 1 is 0.778 bits per heavy atom. The normalized spacial score (nSPS) is 13.8. The molecule has 0 atom stereocenters. The van der Waals surface area contributed by atoms with Crippen molar-refractivity contribution < 1.29 is 4.74 Å². The summed E-state index contributed by atoms with van der Waals surface area (Å²) in [6.07, 6.45) is 3.82. The number of aromatic nitrogens is 3. The second-order valence-corrected chi connectivity index (χ2v) is 9.27. The van der Waals surface area contributed by atoms with E-state index in [0.29, 0.717) is 5.02 Å². The molecule has 2 aromatic heterocycles. The highest BCUT2D eigenvalue weighted by Gasteiger charge is 2.24. The average Bonchev–Trinajstić information content (AvgIpc) is 3.34. The number of fused-ring (bicyclic) bond motifs is 1. The van der Waals surface area contributed by atoms with Gasteiger partial charge in [0.25, 0.3) is 0 Å². The van der Waals surface area contributed by atoms with Crippen molar-refractivity contribution in [3.63, 3.8) is 0 Å². The molecule has 0 radical (unpaired) electrons. The number of rotatable bonds is 5. The van der Waals surface area contributed by atoms with E-state index in [1.807, 2.05) is 36.4 Å². The van der Waals surface area contributed by atoms with Crippen molar-refractivity contribution in [1.82, 2.24) is 14.5 Å². The first-order chi connectivity index (χ1) is 17.7. The highest BCUT2D eigenvalue weighted by atomic mass is 35.5. The monoisotopic (exact) mass is 495 g/mol. The summed E-state index contributed by atoms with van der Waals surface area (Å²) in [5.74, 6) is 1.84. The van der Waals surface area contributed by atoms with Gasteiger partial charge in [0.2, 0.25) is 0 Å². The number of hydrogen-bond donors (Lipinski definition) is 0. The van der Waals surface area contributed by atoms with E-state index in [-0.39, 0.29) is 0 Å². The predicted octanol–water partition coefficient (Wildman–Crippen LogP) is 6.08. The van der Waals surface area contributed by atoms with Crippen LogP contribution in [0.4, 0.5) is 11.5 Å². The van der Waals surface area contributed by atoms with Crippen LogP contribution < -0.4 is 14.5 Å². The first kappa shape index (κ1) is 22.4. The number of piperazine rings is 1. The molecule has 6 rings (SSSR count). The van der Waals surface area contributed by atoms with Crippen LogP contribution in [-0.2, 0) is 0 Å². The van der Waals surface area contributed by atoms with Crippen molar-refractivity contribution in [1.29, 1.82) is 0 Å². The molecular weight excluding hydrogens is 470 g/mol. The van der Waals surface area contributed by atoms with Crippen LogP contribution in [0.1, 0.15) is 0 Å². The molecule has 3 aromatic carbocycles. The molecule has 0 aliphatic carbocycles. The molecule has 0 spiro atoms. The number of ether oxygens (including phenoxy) is 1. The average molecular weight is 496 g/mol. The van der Waals surface area contributed by atoms with Gasteiger partial charge in [-0.15, -0.1) is 0 Å². The molecule has 7 heteroatoms. The molecule has 0 N–H and O–H groups in total. The summed E-state index contributed by atoms with van der Waals surface area (Å²) in [6, 6.07) is 26.5. The second-order valence-electron chi connectivity index (χ2n) is 8.83. The lowest BCUT2D eigenvalue weighted by Gasteiger charge is -2.37. The molecule has 1 fully saturated rings. The summed E-state index contributed by atoms with van der Waals surface area (Å²) in [4.78, 5) is 14.3. The molecule has 1 aliphatic rings. The Hall–Kier alpha value is -4.03. The van der Waals surface area contributed by atoms with Crippen molar-refractivity contribution in [2.45, 2.75) is 0 Å². The van der Waals surface area contributed by atoms with Crippen LogP contribution >= 0.6 is 11.6 Å². The Bertz CT molecular complexity index is 1510. The Morgan fingerprint density at radius 2 is 1.53 bits per heavy atom. The van der Waals surface area contributed by atoms with Gasteiger partial charge in [-0.1, -0.05) is 54.1 Å². The van der Waals surface area contributed by atoms with Crippen LogP contribution in [0.3, 0.4) is 0 Å². The number of halogens is 1. The fraction of sp³-hybridized carbons (Fsp3) is 0.172. The SMILES string of the molecule is COc1cccc(N2CCN(c3ncnc4c3c(-c3ccccc3)cn4-c3cccc(Cl)c3)CC2)c1. The van der Waals surface area contributed by atoms with Crippen LogP contribution in [0.2, 0.25) is 5.02 Å². The van der Waals surface area contributed by atoms with E-state index in [9.17, 15) is 0 Å². The minimum absolute atomic E-state index is 0.693. The zero-order valence-corrected chi connectivity index (χ0v) is 20.8. The maximum Gasteiger partial charge on any atom is 0.150 e. The van der Waals surface area contributed by atoms with E-state index in [0.717, 1.165) is 65.6 Å². The molecule has 0 unspecified atom stereocenters. The minimum Gasteiger partial charge on any atom is -0.497 e. The molecule has 1 aliphatic heterocycles. The standard InChI is InChI=1S/C29H26ClN5O/c1-36-25-12-6-10-23(18-25)33-13-15-34(16-14-33)28-27-26(21-7-3-2-4-8-21)19-35(29(27)32-20-31-28)24-11-5-9-22(30)17-24/h2-12,17-20H,13-16H2,1H3. The fourth-order valence-electron chi connectivity index (χ4n) is 4.93. The number of nitrogens with zero attached hydrogens (tertiary/aromatic N) is 5. The van der Waals surface area contributed by atoms with E-state index < -0.39 is 0 Å². The molecule has 180 valence electrons. The molecule has 36 heavy (non-hydrogen) atoms. The zero-order chi connectivity index (χ0) is 24.5. The van der Waals surface area contributed by atoms with Gasteiger partial charge in [0.15, 0.2) is 5.65 Å². The minimum atomic E-state index is 0.693.